The number of piperazine rings is 1. The van der Waals surface area contributed by atoms with Gasteiger partial charge in [-0.2, -0.15) is 0 Å². The van der Waals surface area contributed by atoms with E-state index in [4.69, 9.17) is 4.74 Å². The largest absolute Gasteiger partial charge is 0.359 e. The zero-order valence-corrected chi connectivity index (χ0v) is 29.9. The number of carbonyl (C=O) groups is 3. The summed E-state index contributed by atoms with van der Waals surface area (Å²) in [6.45, 7) is 10.7. The predicted octanol–water partition coefficient (Wildman–Crippen LogP) is 4.65. The molecule has 262 valence electrons. The van der Waals surface area contributed by atoms with Crippen LogP contribution >= 0.6 is 11.8 Å². The first-order valence-corrected chi connectivity index (χ1v) is 19.4. The second-order valence-electron chi connectivity index (χ2n) is 14.8. The van der Waals surface area contributed by atoms with Crippen LogP contribution in [0.15, 0.2) is 71.6 Å². The van der Waals surface area contributed by atoms with E-state index < -0.39 is 29.6 Å². The van der Waals surface area contributed by atoms with Gasteiger partial charge in [0.25, 0.3) is 0 Å². The van der Waals surface area contributed by atoms with E-state index in [0.29, 0.717) is 24.1 Å². The highest BCUT2D eigenvalue weighted by atomic mass is 32.2. The van der Waals surface area contributed by atoms with E-state index in [1.165, 1.54) is 5.56 Å². The molecule has 5 aliphatic rings. The molecule has 1 saturated carbocycles. The lowest BCUT2D eigenvalue weighted by molar-refractivity contribution is -0.141. The summed E-state index contributed by atoms with van der Waals surface area (Å²) in [7, 11) is 0. The first kappa shape index (κ1) is 34.3. The molecular formula is C39H51N5O4S. The van der Waals surface area contributed by atoms with Crippen molar-refractivity contribution in [2.45, 2.75) is 74.8 Å². The summed E-state index contributed by atoms with van der Waals surface area (Å²) >= 11 is 1.61. The van der Waals surface area contributed by atoms with E-state index in [1.54, 1.807) is 16.7 Å². The molecule has 3 saturated heterocycles. The number of nitrogens with zero attached hydrogens (tertiary/aromatic N) is 3. The summed E-state index contributed by atoms with van der Waals surface area (Å²) in [5.74, 6) is -1.12. The molecule has 8 atom stereocenters. The minimum atomic E-state index is -1.15. The highest BCUT2D eigenvalue weighted by molar-refractivity contribution is 7.98. The van der Waals surface area contributed by atoms with Crippen molar-refractivity contribution in [1.29, 1.82) is 0 Å². The third-order valence-electron chi connectivity index (χ3n) is 11.9. The van der Waals surface area contributed by atoms with E-state index in [2.05, 4.69) is 64.6 Å². The molecule has 2 bridgehead atoms. The Balaban J connectivity index is 1.06. The number of fused-ring (bicyclic) bond motifs is 1. The Morgan fingerprint density at radius 3 is 2.51 bits per heavy atom. The van der Waals surface area contributed by atoms with Crippen molar-refractivity contribution < 1.29 is 19.1 Å². The molecule has 2 aromatic rings. The normalized spacial score (nSPS) is 32.8. The van der Waals surface area contributed by atoms with Crippen LogP contribution in [0.1, 0.15) is 45.1 Å². The van der Waals surface area contributed by atoms with Crippen molar-refractivity contribution in [3.05, 3.63) is 72.3 Å². The van der Waals surface area contributed by atoms with Crippen molar-refractivity contribution in [3.63, 3.8) is 0 Å². The van der Waals surface area contributed by atoms with Crippen molar-refractivity contribution >= 4 is 35.2 Å². The molecule has 0 aromatic heterocycles. The highest BCUT2D eigenvalue weighted by Crippen LogP contribution is 2.55. The summed E-state index contributed by atoms with van der Waals surface area (Å²) < 4.78 is 6.61. The number of ether oxygens (including phenoxy) is 1. The molecule has 1 spiro atoms. The highest BCUT2D eigenvalue weighted by Gasteiger charge is 2.72. The zero-order valence-electron chi connectivity index (χ0n) is 29.1. The van der Waals surface area contributed by atoms with Crippen molar-refractivity contribution in [2.24, 2.45) is 23.7 Å². The molecule has 7 rings (SSSR count). The fourth-order valence-electron chi connectivity index (χ4n) is 8.96. The summed E-state index contributed by atoms with van der Waals surface area (Å²) in [5.41, 5.74) is 0.876. The van der Waals surface area contributed by atoms with Gasteiger partial charge in [-0.15, -0.1) is 11.8 Å². The van der Waals surface area contributed by atoms with Crippen LogP contribution in [-0.4, -0.2) is 102 Å². The number of benzene rings is 2. The Morgan fingerprint density at radius 1 is 0.959 bits per heavy atom. The summed E-state index contributed by atoms with van der Waals surface area (Å²) in [6.07, 6.45) is 9.20. The number of anilines is 1. The Kier molecular flexibility index (Phi) is 10.2. The number of hydrogen-bond acceptors (Lipinski definition) is 7. The molecule has 4 aliphatic heterocycles. The summed E-state index contributed by atoms with van der Waals surface area (Å²) in [5, 5.41) is 6.44. The molecule has 1 aliphatic carbocycles. The van der Waals surface area contributed by atoms with Crippen molar-refractivity contribution in [2.75, 3.05) is 50.8 Å². The monoisotopic (exact) mass is 685 g/mol. The molecule has 0 radical (unpaired) electrons. The van der Waals surface area contributed by atoms with Crippen LogP contribution in [-0.2, 0) is 25.7 Å². The number of likely N-dealkylation sites (tertiary alicyclic amines) is 1. The van der Waals surface area contributed by atoms with Gasteiger partial charge in [-0.1, -0.05) is 75.2 Å². The lowest BCUT2D eigenvalue weighted by Crippen LogP contribution is -2.58. The Hall–Kier alpha value is -3.18. The van der Waals surface area contributed by atoms with Gasteiger partial charge in [0.2, 0.25) is 17.7 Å². The molecule has 2 aromatic carbocycles. The topological polar surface area (TPSA) is 94.2 Å². The maximum Gasteiger partial charge on any atom is 0.246 e. The van der Waals surface area contributed by atoms with E-state index in [1.807, 2.05) is 42.7 Å². The van der Waals surface area contributed by atoms with Gasteiger partial charge < -0.3 is 25.2 Å². The van der Waals surface area contributed by atoms with Gasteiger partial charge >= 0.3 is 0 Å². The number of rotatable bonds is 11. The Morgan fingerprint density at radius 2 is 1.73 bits per heavy atom. The molecule has 4 fully saturated rings. The average molecular weight is 686 g/mol. The van der Waals surface area contributed by atoms with Gasteiger partial charge in [0.15, 0.2) is 0 Å². The second-order valence-corrected chi connectivity index (χ2v) is 15.7. The number of hydrogen-bond donors (Lipinski definition) is 2. The first-order chi connectivity index (χ1) is 23.8. The van der Waals surface area contributed by atoms with Crippen molar-refractivity contribution in [3.8, 4) is 0 Å². The minimum absolute atomic E-state index is 0.0567. The number of thioether (sulfide) groups is 1. The minimum Gasteiger partial charge on any atom is -0.359 e. The smallest absolute Gasteiger partial charge is 0.246 e. The molecule has 9 nitrogen and oxygen atoms in total. The average Bonchev–Trinajstić information content (AvgIpc) is 3.75. The number of nitrogens with one attached hydrogen (secondary N) is 2. The van der Waals surface area contributed by atoms with Gasteiger partial charge in [-0.25, -0.2) is 0 Å². The maximum absolute atomic E-state index is 14.5. The Bertz CT molecular complexity index is 1550. The lowest BCUT2D eigenvalue weighted by Gasteiger charge is -2.38. The summed E-state index contributed by atoms with van der Waals surface area (Å²) in [6, 6.07) is 17.6. The van der Waals surface area contributed by atoms with E-state index in [-0.39, 0.29) is 23.8 Å². The third-order valence-corrected chi connectivity index (χ3v) is 12.6. The summed E-state index contributed by atoms with van der Waals surface area (Å²) in [4.78, 5) is 50.6. The van der Waals surface area contributed by atoms with Crippen LogP contribution in [0.5, 0.6) is 0 Å². The van der Waals surface area contributed by atoms with Crippen LogP contribution < -0.4 is 10.6 Å². The first-order valence-electron chi connectivity index (χ1n) is 18.2. The Labute approximate surface area is 295 Å². The zero-order chi connectivity index (χ0) is 34.1. The molecule has 0 unspecified atom stereocenters. The maximum atomic E-state index is 14.5. The standard InChI is InChI=1S/C39H51N5O4S/c1-26-10-7-15-31(27(26)2)41-37(46)35-39-17-16-32(48-39)33(36(45)40-29-13-8-14-30(24-29)49-3)34(39)38(47)44(35)19-9-18-42-20-22-43(23-21-42)25-28-11-5-4-6-12-28/h4-6,8,11-14,16-17,24,26-27,31-35H,7,9-10,15,18-23,25H2,1-3H3,(H,40,45)(H,41,46)/t26-,27-,31+,32-,33+,34-,35-,39-/m0/s1. The van der Waals surface area contributed by atoms with E-state index in [9.17, 15) is 14.4 Å². The third kappa shape index (κ3) is 6.81. The van der Waals surface area contributed by atoms with Gasteiger partial charge in [-0.05, 0) is 61.2 Å². The fourth-order valence-corrected chi connectivity index (χ4v) is 9.42. The SMILES string of the molecule is CSc1cccc(NC(=O)[C@@H]2[C@@H]3C=C[C@]4(O3)[C@@H]2C(=O)N(CCCN2CCN(Cc3ccccc3)CC2)[C@H]4C(=O)N[C@@H]2CCC[C@H](C)[C@@H]2C)c1. The number of amides is 3. The van der Waals surface area contributed by atoms with Gasteiger partial charge in [-0.3, -0.25) is 19.3 Å². The van der Waals surface area contributed by atoms with Crippen LogP contribution in [0.2, 0.25) is 0 Å². The molecule has 4 heterocycles. The molecule has 2 N–H and O–H groups in total. The van der Waals surface area contributed by atoms with Gasteiger partial charge in [0, 0.05) is 55.9 Å². The van der Waals surface area contributed by atoms with Gasteiger partial charge in [0.05, 0.1) is 17.9 Å². The molecule has 3 amide bonds. The predicted molar refractivity (Wildman–Crippen MR) is 193 cm³/mol. The van der Waals surface area contributed by atoms with Crippen molar-refractivity contribution in [1.82, 2.24) is 20.0 Å². The lowest BCUT2D eigenvalue weighted by atomic mass is 9.73. The van der Waals surface area contributed by atoms with Crippen LogP contribution in [0.4, 0.5) is 5.69 Å². The molecule has 10 heteroatoms. The van der Waals surface area contributed by atoms with Crippen LogP contribution in [0, 0.1) is 23.7 Å². The van der Waals surface area contributed by atoms with Crippen LogP contribution in [0.3, 0.4) is 0 Å². The number of carbonyl (C=O) groups excluding carboxylic acids is 3. The van der Waals surface area contributed by atoms with Crippen LogP contribution in [0.25, 0.3) is 0 Å². The second kappa shape index (κ2) is 14.6. The van der Waals surface area contributed by atoms with E-state index >= 15 is 0 Å². The molecular weight excluding hydrogens is 635 g/mol. The molecule has 49 heavy (non-hydrogen) atoms. The quantitative estimate of drug-likeness (QED) is 0.263. The van der Waals surface area contributed by atoms with E-state index in [0.717, 1.165) is 69.8 Å². The van der Waals surface area contributed by atoms with Gasteiger partial charge in [0.1, 0.15) is 11.6 Å². The fraction of sp³-hybridized carbons (Fsp3) is 0.564.